The van der Waals surface area contributed by atoms with Crippen LogP contribution in [0.3, 0.4) is 0 Å². The summed E-state index contributed by atoms with van der Waals surface area (Å²) in [4.78, 5) is 23.1. The van der Waals surface area contributed by atoms with Gasteiger partial charge in [-0.05, 0) is 63.8 Å². The fourth-order valence-corrected chi connectivity index (χ4v) is 6.88. The van der Waals surface area contributed by atoms with Crippen LogP contribution in [0, 0.1) is 5.92 Å². The predicted molar refractivity (Wildman–Crippen MR) is 137 cm³/mol. The van der Waals surface area contributed by atoms with Crippen molar-refractivity contribution >= 4 is 28.8 Å². The minimum absolute atomic E-state index is 0.00681. The second kappa shape index (κ2) is 8.71. The van der Waals surface area contributed by atoms with E-state index in [-0.39, 0.29) is 48.3 Å². The van der Waals surface area contributed by atoms with Gasteiger partial charge in [-0.2, -0.15) is 0 Å². The molecule has 4 fully saturated rings. The molecule has 4 atom stereocenters. The van der Waals surface area contributed by atoms with Gasteiger partial charge in [0, 0.05) is 23.4 Å². The molecule has 1 aliphatic carbocycles. The Morgan fingerprint density at radius 2 is 1.83 bits per heavy atom. The molecule has 1 saturated carbocycles. The highest BCUT2D eigenvalue weighted by Gasteiger charge is 2.60. The monoisotopic (exact) mass is 490 g/mol. The standard InChI is InChI=1S/C28H34N4O4/c1-16(2)36-20-8-5-17(6-9-20)28(33)31-13-18-4-3-11-29-27(18)30-21-10-7-19(12-22(21)31)32-23-14-34-26-24(32)15-35-25(23)26/h3-4,7,10-12,16-17,20,23-26H,5-6,8-9,13-15H2,1-2H3,(H,29,30)/t17?,20?,23-,24-,25-,26-/m1/s1. The molecule has 1 aromatic heterocycles. The predicted octanol–water partition coefficient (Wildman–Crippen LogP) is 4.01. The summed E-state index contributed by atoms with van der Waals surface area (Å²) in [6, 6.07) is 10.9. The molecule has 0 radical (unpaired) electrons. The van der Waals surface area contributed by atoms with Crippen molar-refractivity contribution in [1.82, 2.24) is 4.98 Å². The second-order valence-electron chi connectivity index (χ2n) is 11.1. The molecular formula is C28H34N4O4. The first-order valence-corrected chi connectivity index (χ1v) is 13.4. The fourth-order valence-electron chi connectivity index (χ4n) is 6.88. The van der Waals surface area contributed by atoms with Crippen LogP contribution in [0.1, 0.15) is 45.1 Å². The van der Waals surface area contributed by atoms with Crippen molar-refractivity contribution in [2.24, 2.45) is 5.92 Å². The average Bonchev–Trinajstić information content (AvgIpc) is 3.53. The number of hydrogen-bond acceptors (Lipinski definition) is 7. The highest BCUT2D eigenvalue weighted by Crippen LogP contribution is 2.46. The van der Waals surface area contributed by atoms with E-state index in [9.17, 15) is 4.79 Å². The fraction of sp³-hybridized carbons (Fsp3) is 0.571. The zero-order valence-corrected chi connectivity index (χ0v) is 20.9. The van der Waals surface area contributed by atoms with E-state index in [0.717, 1.165) is 54.1 Å². The molecule has 5 heterocycles. The lowest BCUT2D eigenvalue weighted by molar-refractivity contribution is -0.124. The van der Waals surface area contributed by atoms with Crippen LogP contribution < -0.4 is 15.1 Å². The van der Waals surface area contributed by atoms with Crippen molar-refractivity contribution in [3.8, 4) is 0 Å². The Morgan fingerprint density at radius 1 is 1.08 bits per heavy atom. The van der Waals surface area contributed by atoms with Gasteiger partial charge < -0.3 is 29.3 Å². The Morgan fingerprint density at radius 3 is 2.56 bits per heavy atom. The Bertz CT molecular complexity index is 1150. The van der Waals surface area contributed by atoms with Crippen LogP contribution in [0.2, 0.25) is 0 Å². The number of rotatable bonds is 4. The molecule has 190 valence electrons. The Labute approximate surface area is 211 Å². The van der Waals surface area contributed by atoms with Crippen LogP contribution in [0.25, 0.3) is 0 Å². The maximum Gasteiger partial charge on any atom is 0.230 e. The number of pyridine rings is 1. The zero-order chi connectivity index (χ0) is 24.4. The summed E-state index contributed by atoms with van der Waals surface area (Å²) in [6.45, 7) is 6.06. The van der Waals surface area contributed by atoms with Crippen molar-refractivity contribution in [2.75, 3.05) is 28.3 Å². The third kappa shape index (κ3) is 3.61. The number of benzene rings is 1. The molecule has 36 heavy (non-hydrogen) atoms. The third-order valence-electron chi connectivity index (χ3n) is 8.51. The van der Waals surface area contributed by atoms with E-state index in [1.807, 2.05) is 11.0 Å². The number of nitrogens with zero attached hydrogens (tertiary/aromatic N) is 3. The molecule has 0 spiro atoms. The van der Waals surface area contributed by atoms with E-state index in [1.165, 1.54) is 0 Å². The van der Waals surface area contributed by atoms with Gasteiger partial charge in [0.1, 0.15) is 18.0 Å². The lowest BCUT2D eigenvalue weighted by Gasteiger charge is -2.38. The average molecular weight is 491 g/mol. The molecule has 2 aromatic rings. The molecule has 7 rings (SSSR count). The topological polar surface area (TPSA) is 76.2 Å². The molecular weight excluding hydrogens is 456 g/mol. The van der Waals surface area contributed by atoms with E-state index in [0.29, 0.717) is 19.8 Å². The van der Waals surface area contributed by atoms with Gasteiger partial charge in [-0.3, -0.25) is 4.79 Å². The number of carbonyl (C=O) groups excluding carboxylic acids is 1. The number of ether oxygens (including phenoxy) is 3. The molecule has 1 amide bonds. The molecule has 1 aromatic carbocycles. The Balaban J connectivity index is 1.21. The van der Waals surface area contributed by atoms with Gasteiger partial charge in [-0.15, -0.1) is 0 Å². The molecule has 4 aliphatic heterocycles. The normalized spacial score (nSPS) is 32.3. The van der Waals surface area contributed by atoms with E-state index >= 15 is 0 Å². The van der Waals surface area contributed by atoms with Crippen molar-refractivity contribution in [1.29, 1.82) is 0 Å². The van der Waals surface area contributed by atoms with Crippen molar-refractivity contribution in [3.63, 3.8) is 0 Å². The van der Waals surface area contributed by atoms with Crippen LogP contribution in [-0.4, -0.2) is 60.6 Å². The largest absolute Gasteiger partial charge is 0.376 e. The molecule has 0 unspecified atom stereocenters. The van der Waals surface area contributed by atoms with Crippen LogP contribution in [0.15, 0.2) is 36.5 Å². The van der Waals surface area contributed by atoms with Crippen molar-refractivity contribution in [3.05, 3.63) is 42.1 Å². The zero-order valence-electron chi connectivity index (χ0n) is 20.9. The van der Waals surface area contributed by atoms with Gasteiger partial charge in [-0.25, -0.2) is 4.98 Å². The highest BCUT2D eigenvalue weighted by atomic mass is 16.6. The number of aromatic nitrogens is 1. The van der Waals surface area contributed by atoms with Crippen LogP contribution in [0.4, 0.5) is 22.9 Å². The van der Waals surface area contributed by atoms with Gasteiger partial charge in [0.2, 0.25) is 5.91 Å². The first kappa shape index (κ1) is 22.5. The summed E-state index contributed by atoms with van der Waals surface area (Å²) < 4.78 is 18.0. The van der Waals surface area contributed by atoms with Gasteiger partial charge in [-0.1, -0.05) is 6.07 Å². The number of anilines is 4. The summed E-state index contributed by atoms with van der Waals surface area (Å²) in [5.41, 5.74) is 4.01. The Hall–Kier alpha value is -2.68. The lowest BCUT2D eigenvalue weighted by Crippen LogP contribution is -2.50. The minimum Gasteiger partial charge on any atom is -0.376 e. The minimum atomic E-state index is 0.00681. The molecule has 8 nitrogen and oxygen atoms in total. The third-order valence-corrected chi connectivity index (χ3v) is 8.51. The number of nitrogens with one attached hydrogen (secondary N) is 1. The van der Waals surface area contributed by atoms with E-state index in [2.05, 4.69) is 53.3 Å². The van der Waals surface area contributed by atoms with Gasteiger partial charge in [0.05, 0.1) is 55.4 Å². The summed E-state index contributed by atoms with van der Waals surface area (Å²) in [7, 11) is 0. The summed E-state index contributed by atoms with van der Waals surface area (Å²) in [5.74, 6) is 1.02. The molecule has 3 saturated heterocycles. The van der Waals surface area contributed by atoms with Crippen LogP contribution in [0.5, 0.6) is 0 Å². The number of fused-ring (bicyclic) bond motifs is 2. The number of morpholine rings is 2. The maximum atomic E-state index is 14.1. The highest BCUT2D eigenvalue weighted by molar-refractivity contribution is 6.00. The lowest BCUT2D eigenvalue weighted by atomic mass is 9.86. The van der Waals surface area contributed by atoms with Crippen LogP contribution in [-0.2, 0) is 25.5 Å². The van der Waals surface area contributed by atoms with Gasteiger partial charge >= 0.3 is 0 Å². The van der Waals surface area contributed by atoms with Crippen molar-refractivity contribution < 1.29 is 19.0 Å². The van der Waals surface area contributed by atoms with Crippen LogP contribution >= 0.6 is 0 Å². The Kier molecular flexibility index (Phi) is 5.45. The molecule has 5 aliphatic rings. The summed E-state index contributed by atoms with van der Waals surface area (Å²) in [6.07, 6.45) is 6.19. The smallest absolute Gasteiger partial charge is 0.230 e. The van der Waals surface area contributed by atoms with Gasteiger partial charge in [0.15, 0.2) is 0 Å². The first-order chi connectivity index (χ1) is 17.6. The van der Waals surface area contributed by atoms with E-state index in [4.69, 9.17) is 14.2 Å². The molecule has 4 bridgehead atoms. The SMILES string of the molecule is CC(C)OC1CCC(C(=O)N2Cc3cccnc3Nc3ccc(N4[C@@H]5CO[C@H]6[C@@H]5OC[C@H]64)cc32)CC1. The number of amides is 1. The molecule has 8 heteroatoms. The first-order valence-electron chi connectivity index (χ1n) is 13.4. The van der Waals surface area contributed by atoms with E-state index < -0.39 is 0 Å². The molecule has 1 N–H and O–H groups in total. The number of carbonyl (C=O) groups is 1. The van der Waals surface area contributed by atoms with Crippen molar-refractivity contribution in [2.45, 2.75) is 82.6 Å². The summed E-state index contributed by atoms with van der Waals surface area (Å²) in [5, 5.41) is 3.51. The van der Waals surface area contributed by atoms with E-state index in [1.54, 1.807) is 6.20 Å². The number of hydrogen-bond donors (Lipinski definition) is 1. The quantitative estimate of drug-likeness (QED) is 0.694. The second-order valence-corrected chi connectivity index (χ2v) is 11.1. The summed E-state index contributed by atoms with van der Waals surface area (Å²) >= 11 is 0. The maximum absolute atomic E-state index is 14.1. The van der Waals surface area contributed by atoms with Gasteiger partial charge in [0.25, 0.3) is 0 Å².